The van der Waals surface area contributed by atoms with E-state index >= 15 is 0 Å². The highest BCUT2D eigenvalue weighted by atomic mass is 79.9. The number of nitrogens with one attached hydrogen (secondary N) is 1. The van der Waals surface area contributed by atoms with Gasteiger partial charge in [0, 0.05) is 28.3 Å². The van der Waals surface area contributed by atoms with Gasteiger partial charge in [-0.2, -0.15) is 0 Å². The van der Waals surface area contributed by atoms with Crippen LogP contribution in [0.2, 0.25) is 0 Å². The average Bonchev–Trinajstić information content (AvgIpc) is 2.71. The summed E-state index contributed by atoms with van der Waals surface area (Å²) in [6.45, 7) is 1.94. The Hall–Kier alpha value is -2.64. The number of carbonyl (C=O) groups is 2. The van der Waals surface area contributed by atoms with Gasteiger partial charge in [-0.3, -0.25) is 9.59 Å². The Bertz CT molecular complexity index is 1010. The average molecular weight is 470 g/mol. The Labute approximate surface area is 182 Å². The second-order valence-corrected chi connectivity index (χ2v) is 8.47. The van der Waals surface area contributed by atoms with Crippen LogP contribution in [0.4, 0.5) is 5.69 Å². The summed E-state index contributed by atoms with van der Waals surface area (Å²) >= 11 is 4.78. The molecule has 1 aromatic heterocycles. The van der Waals surface area contributed by atoms with E-state index in [2.05, 4.69) is 26.2 Å². The molecule has 1 N–H and O–H groups in total. The third-order valence-electron chi connectivity index (χ3n) is 4.10. The number of hydrogen-bond donors (Lipinski definition) is 1. The molecule has 0 atom stereocenters. The van der Waals surface area contributed by atoms with Gasteiger partial charge in [-0.05, 0) is 59.3 Å². The van der Waals surface area contributed by atoms with Crippen molar-refractivity contribution in [1.29, 1.82) is 0 Å². The largest absolute Gasteiger partial charge is 0.332 e. The summed E-state index contributed by atoms with van der Waals surface area (Å²) in [5, 5.41) is 3.60. The van der Waals surface area contributed by atoms with Crippen molar-refractivity contribution in [2.24, 2.45) is 0 Å². The number of aryl methyl sites for hydroxylation is 1. The topological polar surface area (TPSA) is 62.3 Å². The molecule has 7 heteroatoms. The molecule has 3 aromatic rings. The molecule has 1 heterocycles. The molecule has 0 bridgehead atoms. The summed E-state index contributed by atoms with van der Waals surface area (Å²) in [5.41, 5.74) is 2.36. The summed E-state index contributed by atoms with van der Waals surface area (Å²) in [4.78, 5) is 31.8. The third kappa shape index (κ3) is 5.92. The van der Waals surface area contributed by atoms with Crippen LogP contribution in [0.1, 0.15) is 15.9 Å². The van der Waals surface area contributed by atoms with Gasteiger partial charge in [0.2, 0.25) is 5.91 Å². The first-order chi connectivity index (χ1) is 13.9. The van der Waals surface area contributed by atoms with Gasteiger partial charge in [-0.15, -0.1) is 0 Å². The molecule has 5 nitrogen and oxygen atoms in total. The van der Waals surface area contributed by atoms with E-state index in [0.717, 1.165) is 20.0 Å². The van der Waals surface area contributed by atoms with Gasteiger partial charge < -0.3 is 10.2 Å². The van der Waals surface area contributed by atoms with Crippen LogP contribution in [0.5, 0.6) is 0 Å². The molecule has 2 aromatic carbocycles. The summed E-state index contributed by atoms with van der Waals surface area (Å²) in [6, 6.07) is 18.6. The predicted molar refractivity (Wildman–Crippen MR) is 119 cm³/mol. The maximum atomic E-state index is 12.9. The lowest BCUT2D eigenvalue weighted by Crippen LogP contribution is -2.35. The van der Waals surface area contributed by atoms with Crippen LogP contribution in [0.25, 0.3) is 0 Å². The highest BCUT2D eigenvalue weighted by molar-refractivity contribution is 9.10. The molecule has 3 rings (SSSR count). The molecule has 0 saturated heterocycles. The molecule has 0 fully saturated rings. The van der Waals surface area contributed by atoms with Crippen molar-refractivity contribution in [2.45, 2.75) is 16.8 Å². The molecule has 0 radical (unpaired) electrons. The van der Waals surface area contributed by atoms with Gasteiger partial charge in [0.05, 0.1) is 12.1 Å². The number of carbonyl (C=O) groups excluding carboxylic acids is 2. The van der Waals surface area contributed by atoms with E-state index in [4.69, 9.17) is 0 Å². The van der Waals surface area contributed by atoms with Crippen LogP contribution >= 0.6 is 27.7 Å². The number of halogens is 1. The molecule has 0 aliphatic rings. The van der Waals surface area contributed by atoms with Crippen molar-refractivity contribution in [3.63, 3.8) is 0 Å². The molecular formula is C22H20BrN3O2S. The maximum Gasteiger partial charge on any atom is 0.255 e. The Morgan fingerprint density at radius 2 is 1.79 bits per heavy atom. The predicted octanol–water partition coefficient (Wildman–Crippen LogP) is 5.01. The summed E-state index contributed by atoms with van der Waals surface area (Å²) < 4.78 is 0.894. The zero-order chi connectivity index (χ0) is 20.8. The second kappa shape index (κ2) is 9.71. The first-order valence-corrected chi connectivity index (χ1v) is 10.5. The van der Waals surface area contributed by atoms with Gasteiger partial charge in [-0.25, -0.2) is 4.98 Å². The normalized spacial score (nSPS) is 10.4. The summed E-state index contributed by atoms with van der Waals surface area (Å²) in [7, 11) is 1.62. The van der Waals surface area contributed by atoms with Gasteiger partial charge in [-0.1, -0.05) is 41.6 Å². The van der Waals surface area contributed by atoms with E-state index in [1.165, 1.54) is 16.7 Å². The molecule has 2 amide bonds. The number of benzene rings is 2. The third-order valence-corrected chi connectivity index (χ3v) is 5.59. The number of rotatable bonds is 6. The van der Waals surface area contributed by atoms with Crippen LogP contribution < -0.4 is 5.32 Å². The van der Waals surface area contributed by atoms with E-state index in [0.29, 0.717) is 11.3 Å². The van der Waals surface area contributed by atoms with E-state index < -0.39 is 0 Å². The lowest BCUT2D eigenvalue weighted by molar-refractivity contribution is -0.116. The van der Waals surface area contributed by atoms with Gasteiger partial charge in [0.15, 0.2) is 0 Å². The fraction of sp³-hybridized carbons (Fsp3) is 0.136. The number of nitrogens with zero attached hydrogens (tertiary/aromatic N) is 2. The fourth-order valence-electron chi connectivity index (χ4n) is 2.60. The Balaban J connectivity index is 1.68. The zero-order valence-electron chi connectivity index (χ0n) is 16.1. The fourth-order valence-corrected chi connectivity index (χ4v) is 3.71. The van der Waals surface area contributed by atoms with Crippen LogP contribution in [0, 0.1) is 6.92 Å². The number of anilines is 1. The maximum absolute atomic E-state index is 12.9. The van der Waals surface area contributed by atoms with E-state index in [1.807, 2.05) is 61.5 Å². The minimum Gasteiger partial charge on any atom is -0.332 e. The lowest BCUT2D eigenvalue weighted by Gasteiger charge is -2.18. The van der Waals surface area contributed by atoms with Crippen molar-refractivity contribution in [1.82, 2.24) is 9.88 Å². The van der Waals surface area contributed by atoms with Crippen molar-refractivity contribution < 1.29 is 9.59 Å². The van der Waals surface area contributed by atoms with E-state index in [1.54, 1.807) is 19.3 Å². The van der Waals surface area contributed by atoms with Crippen molar-refractivity contribution in [3.8, 4) is 0 Å². The molecule has 148 valence electrons. The smallest absolute Gasteiger partial charge is 0.255 e. The molecule has 0 saturated carbocycles. The quantitative estimate of drug-likeness (QED) is 0.550. The van der Waals surface area contributed by atoms with Crippen molar-refractivity contribution in [2.75, 3.05) is 18.9 Å². The Kier molecular flexibility index (Phi) is 7.06. The SMILES string of the molecule is Cc1ccc(NC(=O)CN(C)C(=O)c2ccccc2Sc2ccc(Br)cn2)cc1. The number of hydrogen-bond acceptors (Lipinski definition) is 4. The summed E-state index contributed by atoms with van der Waals surface area (Å²) in [6.07, 6.45) is 1.72. The molecule has 0 aliphatic heterocycles. The number of aromatic nitrogens is 1. The van der Waals surface area contributed by atoms with Crippen LogP contribution in [0.15, 0.2) is 81.3 Å². The standard InChI is InChI=1S/C22H20BrN3O2S/c1-15-7-10-17(11-8-15)25-20(27)14-26(2)22(28)18-5-3-4-6-19(18)29-21-12-9-16(23)13-24-21/h3-13H,14H2,1-2H3,(H,25,27). The van der Waals surface area contributed by atoms with Gasteiger partial charge in [0.1, 0.15) is 5.03 Å². The molecule has 0 aliphatic carbocycles. The van der Waals surface area contributed by atoms with Crippen LogP contribution in [-0.2, 0) is 4.79 Å². The minimum atomic E-state index is -0.246. The van der Waals surface area contributed by atoms with E-state index in [-0.39, 0.29) is 18.4 Å². The van der Waals surface area contributed by atoms with Crippen LogP contribution in [-0.4, -0.2) is 35.3 Å². The molecule has 0 unspecified atom stereocenters. The monoisotopic (exact) mass is 469 g/mol. The van der Waals surface area contributed by atoms with Gasteiger partial charge >= 0.3 is 0 Å². The molecule has 29 heavy (non-hydrogen) atoms. The highest BCUT2D eigenvalue weighted by Gasteiger charge is 2.18. The minimum absolute atomic E-state index is 0.0394. The highest BCUT2D eigenvalue weighted by Crippen LogP contribution is 2.30. The zero-order valence-corrected chi connectivity index (χ0v) is 18.5. The van der Waals surface area contributed by atoms with Crippen molar-refractivity contribution in [3.05, 3.63) is 82.5 Å². The molecular weight excluding hydrogens is 450 g/mol. The lowest BCUT2D eigenvalue weighted by atomic mass is 10.2. The summed E-state index contributed by atoms with van der Waals surface area (Å²) in [5.74, 6) is -0.464. The number of amides is 2. The van der Waals surface area contributed by atoms with Crippen LogP contribution in [0.3, 0.4) is 0 Å². The van der Waals surface area contributed by atoms with E-state index in [9.17, 15) is 9.59 Å². The number of pyridine rings is 1. The molecule has 0 spiro atoms. The first-order valence-electron chi connectivity index (χ1n) is 8.93. The van der Waals surface area contributed by atoms with Gasteiger partial charge in [0.25, 0.3) is 5.91 Å². The Morgan fingerprint density at radius 3 is 2.48 bits per heavy atom. The first kappa shape index (κ1) is 21.1. The Morgan fingerprint density at radius 1 is 1.07 bits per heavy atom. The number of likely N-dealkylation sites (N-methyl/N-ethyl adjacent to an activating group) is 1. The second-order valence-electron chi connectivity index (χ2n) is 6.49. The van der Waals surface area contributed by atoms with Crippen molar-refractivity contribution >= 4 is 45.2 Å².